The quantitative estimate of drug-likeness (QED) is 0.577. The molecule has 0 aliphatic rings. The van der Waals surface area contributed by atoms with Crippen LogP contribution in [-0.4, -0.2) is 4.98 Å². The predicted molar refractivity (Wildman–Crippen MR) is 69.4 cm³/mol. The van der Waals surface area contributed by atoms with Crippen LogP contribution in [0.25, 0.3) is 10.9 Å². The Morgan fingerprint density at radius 1 is 0.867 bits per heavy atom. The van der Waals surface area contributed by atoms with E-state index in [2.05, 4.69) is 4.98 Å². The molecule has 82 valence electrons. The summed E-state index contributed by atoms with van der Waals surface area (Å²) in [5.74, 6) is 0. The van der Waals surface area contributed by atoms with E-state index in [1.807, 2.05) is 58.0 Å². The Morgan fingerprint density at radius 2 is 1.47 bits per heavy atom. The second kappa shape index (κ2) is 8.25. The summed E-state index contributed by atoms with van der Waals surface area (Å²) in [5.41, 5.74) is 0.944. The number of hydrogen-bond acceptors (Lipinski definition) is 1. The van der Waals surface area contributed by atoms with Crippen molar-refractivity contribution < 1.29 is 0 Å². The maximum Gasteiger partial charge on any atom is 0.129 e. The predicted octanol–water partition coefficient (Wildman–Crippen LogP) is 4.94. The van der Waals surface area contributed by atoms with Gasteiger partial charge in [-0.3, -0.25) is 0 Å². The molecule has 1 nitrogen and oxygen atoms in total. The highest BCUT2D eigenvalue weighted by Crippen LogP contribution is 2.13. The molecule has 0 N–H and O–H groups in total. The highest BCUT2D eigenvalue weighted by molar-refractivity contribution is 6.29. The van der Waals surface area contributed by atoms with Crippen molar-refractivity contribution in [1.82, 2.24) is 4.98 Å². The number of para-hydroxylation sites is 1. The molecule has 0 aliphatic heterocycles. The molecule has 0 unspecified atom stereocenters. The molecular formula is C13H18ClN. The third-order valence-corrected chi connectivity index (χ3v) is 1.77. The molecule has 0 amide bonds. The highest BCUT2D eigenvalue weighted by atomic mass is 35.5. The molecular weight excluding hydrogens is 206 g/mol. The van der Waals surface area contributed by atoms with Gasteiger partial charge in [0.25, 0.3) is 0 Å². The van der Waals surface area contributed by atoms with Gasteiger partial charge in [-0.25, -0.2) is 4.98 Å². The van der Waals surface area contributed by atoms with E-state index < -0.39 is 0 Å². The van der Waals surface area contributed by atoms with Crippen LogP contribution in [0.2, 0.25) is 5.15 Å². The fourth-order valence-electron chi connectivity index (χ4n) is 1.04. The second-order valence-electron chi connectivity index (χ2n) is 2.33. The number of nitrogens with zero attached hydrogens (tertiary/aromatic N) is 1. The summed E-state index contributed by atoms with van der Waals surface area (Å²) in [4.78, 5) is 4.14. The van der Waals surface area contributed by atoms with Gasteiger partial charge in [-0.15, -0.1) is 0 Å². The highest BCUT2D eigenvalue weighted by Gasteiger charge is 1.92. The van der Waals surface area contributed by atoms with Crippen LogP contribution in [0.15, 0.2) is 36.4 Å². The Balaban J connectivity index is 0.000000442. The largest absolute Gasteiger partial charge is 0.236 e. The molecule has 0 fully saturated rings. The average Bonchev–Trinajstić information content (AvgIpc) is 2.34. The molecule has 2 heteroatoms. The van der Waals surface area contributed by atoms with Crippen LogP contribution in [0.5, 0.6) is 0 Å². The molecule has 1 aromatic heterocycles. The fourth-order valence-corrected chi connectivity index (χ4v) is 1.20. The number of rotatable bonds is 0. The minimum atomic E-state index is 0.545. The van der Waals surface area contributed by atoms with Crippen molar-refractivity contribution in [3.63, 3.8) is 0 Å². The summed E-state index contributed by atoms with van der Waals surface area (Å²) < 4.78 is 0. The maximum atomic E-state index is 5.71. The minimum absolute atomic E-state index is 0.545. The van der Waals surface area contributed by atoms with Gasteiger partial charge in [0.05, 0.1) is 5.52 Å². The Kier molecular flexibility index (Phi) is 7.65. The van der Waals surface area contributed by atoms with E-state index in [4.69, 9.17) is 11.6 Å². The lowest BCUT2D eigenvalue weighted by molar-refractivity contribution is 1.41. The van der Waals surface area contributed by atoms with Crippen LogP contribution in [0, 0.1) is 0 Å². The van der Waals surface area contributed by atoms with Gasteiger partial charge in [0.1, 0.15) is 5.15 Å². The first-order valence-electron chi connectivity index (χ1n) is 5.37. The molecule has 2 aromatic rings. The third-order valence-electron chi connectivity index (χ3n) is 1.56. The SMILES string of the molecule is CC.CC.Clc1ccc2ccccc2n1. The molecule has 0 spiro atoms. The lowest BCUT2D eigenvalue weighted by atomic mass is 10.2. The molecule has 0 saturated heterocycles. The number of aromatic nitrogens is 1. The molecule has 0 aliphatic carbocycles. The Morgan fingerprint density at radius 3 is 2.13 bits per heavy atom. The van der Waals surface area contributed by atoms with Gasteiger partial charge in [-0.1, -0.05) is 57.5 Å². The second-order valence-corrected chi connectivity index (χ2v) is 2.71. The molecule has 1 heterocycles. The summed E-state index contributed by atoms with van der Waals surface area (Å²) in [7, 11) is 0. The van der Waals surface area contributed by atoms with Gasteiger partial charge in [0.15, 0.2) is 0 Å². The zero-order valence-electron chi connectivity index (χ0n) is 9.79. The lowest BCUT2D eigenvalue weighted by Crippen LogP contribution is -1.76. The first kappa shape index (κ1) is 13.9. The molecule has 0 atom stereocenters. The van der Waals surface area contributed by atoms with Crippen molar-refractivity contribution in [1.29, 1.82) is 0 Å². The summed E-state index contributed by atoms with van der Waals surface area (Å²) in [6.07, 6.45) is 0. The first-order chi connectivity index (χ1) is 7.36. The molecule has 0 saturated carbocycles. The van der Waals surface area contributed by atoms with E-state index in [0.29, 0.717) is 5.15 Å². The molecule has 0 bridgehead atoms. The topological polar surface area (TPSA) is 12.9 Å². The maximum absolute atomic E-state index is 5.71. The monoisotopic (exact) mass is 223 g/mol. The standard InChI is InChI=1S/C9H6ClN.2C2H6/c10-9-6-5-7-3-1-2-4-8(7)11-9;2*1-2/h1-6H;2*1-2H3. The fraction of sp³-hybridized carbons (Fsp3) is 0.308. The summed E-state index contributed by atoms with van der Waals surface area (Å²) in [5, 5.41) is 1.67. The molecule has 1 aromatic carbocycles. The van der Waals surface area contributed by atoms with Gasteiger partial charge in [0.2, 0.25) is 0 Å². The molecule has 2 rings (SSSR count). The Hall–Kier alpha value is -1.08. The zero-order valence-corrected chi connectivity index (χ0v) is 10.5. The van der Waals surface area contributed by atoms with Gasteiger partial charge in [-0.2, -0.15) is 0 Å². The van der Waals surface area contributed by atoms with Crippen LogP contribution in [-0.2, 0) is 0 Å². The van der Waals surface area contributed by atoms with E-state index in [9.17, 15) is 0 Å². The van der Waals surface area contributed by atoms with Crippen molar-refractivity contribution in [2.24, 2.45) is 0 Å². The number of halogens is 1. The molecule has 15 heavy (non-hydrogen) atoms. The van der Waals surface area contributed by atoms with E-state index in [1.165, 1.54) is 0 Å². The van der Waals surface area contributed by atoms with Crippen molar-refractivity contribution >= 4 is 22.5 Å². The number of pyridine rings is 1. The van der Waals surface area contributed by atoms with Crippen LogP contribution < -0.4 is 0 Å². The normalized spacial score (nSPS) is 8.33. The van der Waals surface area contributed by atoms with Gasteiger partial charge in [-0.05, 0) is 18.2 Å². The lowest BCUT2D eigenvalue weighted by Gasteiger charge is -1.94. The van der Waals surface area contributed by atoms with Gasteiger partial charge >= 0.3 is 0 Å². The Labute approximate surface area is 97.1 Å². The van der Waals surface area contributed by atoms with Crippen LogP contribution in [0.4, 0.5) is 0 Å². The van der Waals surface area contributed by atoms with E-state index in [0.717, 1.165) is 10.9 Å². The summed E-state index contributed by atoms with van der Waals surface area (Å²) in [6.45, 7) is 8.00. The van der Waals surface area contributed by atoms with E-state index in [1.54, 1.807) is 6.07 Å². The van der Waals surface area contributed by atoms with Crippen LogP contribution in [0.3, 0.4) is 0 Å². The number of hydrogen-bond donors (Lipinski definition) is 0. The van der Waals surface area contributed by atoms with Crippen LogP contribution in [0.1, 0.15) is 27.7 Å². The first-order valence-corrected chi connectivity index (χ1v) is 5.75. The summed E-state index contributed by atoms with van der Waals surface area (Å²) >= 11 is 5.71. The number of benzene rings is 1. The van der Waals surface area contributed by atoms with Gasteiger partial charge < -0.3 is 0 Å². The van der Waals surface area contributed by atoms with Crippen LogP contribution >= 0.6 is 11.6 Å². The number of fused-ring (bicyclic) bond motifs is 1. The van der Waals surface area contributed by atoms with Crippen molar-refractivity contribution in [2.75, 3.05) is 0 Å². The van der Waals surface area contributed by atoms with Crippen molar-refractivity contribution in [3.8, 4) is 0 Å². The van der Waals surface area contributed by atoms with E-state index in [-0.39, 0.29) is 0 Å². The third kappa shape index (κ3) is 4.30. The van der Waals surface area contributed by atoms with E-state index >= 15 is 0 Å². The minimum Gasteiger partial charge on any atom is -0.236 e. The smallest absolute Gasteiger partial charge is 0.129 e. The molecule has 0 radical (unpaired) electrons. The van der Waals surface area contributed by atoms with Gasteiger partial charge in [0, 0.05) is 5.39 Å². The zero-order chi connectivity index (χ0) is 11.7. The summed E-state index contributed by atoms with van der Waals surface area (Å²) in [6, 6.07) is 11.7. The van der Waals surface area contributed by atoms with Crippen molar-refractivity contribution in [3.05, 3.63) is 41.6 Å². The Bertz CT molecular complexity index is 385. The average molecular weight is 224 g/mol. The van der Waals surface area contributed by atoms with Crippen molar-refractivity contribution in [2.45, 2.75) is 27.7 Å².